The molecule has 0 aliphatic carbocycles. The minimum absolute atomic E-state index is 0.0828. The maximum atomic E-state index is 12.0. The van der Waals surface area contributed by atoms with Crippen LogP contribution in [0.5, 0.6) is 5.75 Å². The molecule has 24 heavy (non-hydrogen) atoms. The predicted octanol–water partition coefficient (Wildman–Crippen LogP) is 1.68. The van der Waals surface area contributed by atoms with Crippen molar-refractivity contribution in [2.75, 3.05) is 26.2 Å². The lowest BCUT2D eigenvalue weighted by atomic mass is 9.99. The number of hydrogen-bond acceptors (Lipinski definition) is 4. The molecule has 1 fully saturated rings. The van der Waals surface area contributed by atoms with Gasteiger partial charge in [0.25, 0.3) is 0 Å². The minimum Gasteiger partial charge on any atom is -0.492 e. The molecule has 2 heterocycles. The van der Waals surface area contributed by atoms with Gasteiger partial charge in [0.2, 0.25) is 5.91 Å². The Kier molecular flexibility index (Phi) is 5.48. The van der Waals surface area contributed by atoms with Gasteiger partial charge in [0, 0.05) is 18.3 Å². The zero-order valence-corrected chi connectivity index (χ0v) is 13.9. The Morgan fingerprint density at radius 2 is 2.42 bits per heavy atom. The van der Waals surface area contributed by atoms with Crippen LogP contribution in [0, 0.1) is 18.9 Å². The number of hydrogen-bond donors (Lipinski definition) is 3. The maximum absolute atomic E-state index is 12.0. The lowest BCUT2D eigenvalue weighted by Crippen LogP contribution is -2.41. The number of aromatic amines is 1. The molecule has 2 aromatic rings. The smallest absolute Gasteiger partial charge is 0.224 e. The summed E-state index contributed by atoms with van der Waals surface area (Å²) in [5.74, 6) is 0.932. The number of piperidine rings is 1. The zero-order valence-electron chi connectivity index (χ0n) is 13.9. The van der Waals surface area contributed by atoms with E-state index in [0.717, 1.165) is 48.5 Å². The van der Waals surface area contributed by atoms with Gasteiger partial charge in [-0.25, -0.2) is 0 Å². The third kappa shape index (κ3) is 4.14. The molecule has 3 rings (SSSR count). The highest BCUT2D eigenvalue weighted by Gasteiger charge is 2.20. The van der Waals surface area contributed by atoms with Crippen molar-refractivity contribution in [3.63, 3.8) is 0 Å². The van der Waals surface area contributed by atoms with Crippen LogP contribution in [0.2, 0.25) is 0 Å². The molecule has 6 heteroatoms. The van der Waals surface area contributed by atoms with Crippen LogP contribution >= 0.6 is 0 Å². The summed E-state index contributed by atoms with van der Waals surface area (Å²) in [7, 11) is 0. The number of nitrogens with one attached hydrogen (secondary N) is 3. The van der Waals surface area contributed by atoms with Crippen LogP contribution in [0.15, 0.2) is 24.4 Å². The highest BCUT2D eigenvalue weighted by Crippen LogP contribution is 2.25. The largest absolute Gasteiger partial charge is 0.492 e. The lowest BCUT2D eigenvalue weighted by molar-refractivity contribution is -0.125. The van der Waals surface area contributed by atoms with Crippen molar-refractivity contribution in [3.05, 3.63) is 36.2 Å². The Bertz CT molecular complexity index is 677. The van der Waals surface area contributed by atoms with E-state index >= 15 is 0 Å². The van der Waals surface area contributed by atoms with Crippen LogP contribution in [0.4, 0.5) is 0 Å². The zero-order chi connectivity index (χ0) is 16.8. The predicted molar refractivity (Wildman–Crippen MR) is 91.7 cm³/mol. The second-order valence-corrected chi connectivity index (χ2v) is 6.02. The number of carbonyl (C=O) groups is 1. The average Bonchev–Trinajstić information content (AvgIpc) is 3.05. The molecule has 1 radical (unpaired) electrons. The fraction of sp³-hybridized carbons (Fsp3) is 0.444. The molecule has 0 bridgehead atoms. The molecule has 1 aliphatic rings. The number of nitrogens with zero attached hydrogens (tertiary/aromatic N) is 1. The van der Waals surface area contributed by atoms with E-state index < -0.39 is 0 Å². The molecular weight excluding hydrogens is 304 g/mol. The van der Waals surface area contributed by atoms with Gasteiger partial charge in [-0.2, -0.15) is 5.10 Å². The molecule has 1 amide bonds. The third-order valence-corrected chi connectivity index (χ3v) is 4.24. The summed E-state index contributed by atoms with van der Waals surface area (Å²) in [6.07, 6.45) is 3.88. The number of aromatic nitrogens is 2. The van der Waals surface area contributed by atoms with Gasteiger partial charge in [-0.15, -0.1) is 0 Å². The summed E-state index contributed by atoms with van der Waals surface area (Å²) in [6.45, 7) is 4.68. The van der Waals surface area contributed by atoms with Gasteiger partial charge < -0.3 is 15.4 Å². The number of H-pyrrole nitrogens is 1. The molecule has 0 saturated carbocycles. The van der Waals surface area contributed by atoms with E-state index in [-0.39, 0.29) is 11.8 Å². The van der Waals surface area contributed by atoms with Crippen LogP contribution < -0.4 is 15.4 Å². The highest BCUT2D eigenvalue weighted by molar-refractivity contribution is 5.78. The first-order valence-electron chi connectivity index (χ1n) is 8.37. The molecule has 1 aliphatic heterocycles. The van der Waals surface area contributed by atoms with Crippen LogP contribution in [0.3, 0.4) is 0 Å². The lowest BCUT2D eigenvalue weighted by Gasteiger charge is -2.21. The molecule has 1 aromatic heterocycles. The van der Waals surface area contributed by atoms with Gasteiger partial charge in [0.15, 0.2) is 0 Å². The summed E-state index contributed by atoms with van der Waals surface area (Å²) >= 11 is 0. The number of ether oxygens (including phenoxy) is 1. The van der Waals surface area contributed by atoms with Crippen molar-refractivity contribution in [2.24, 2.45) is 5.92 Å². The number of amides is 1. The number of carbonyl (C=O) groups excluding carboxylic acids is 1. The summed E-state index contributed by atoms with van der Waals surface area (Å²) in [6, 6.07) is 8.75. The molecular formula is C18H23N4O2. The second kappa shape index (κ2) is 7.97. The second-order valence-electron chi connectivity index (χ2n) is 6.02. The number of aryl methyl sites for hydroxylation is 1. The summed E-state index contributed by atoms with van der Waals surface area (Å²) in [5, 5.41) is 13.2. The third-order valence-electron chi connectivity index (χ3n) is 4.24. The van der Waals surface area contributed by atoms with Gasteiger partial charge in [-0.05, 0) is 56.1 Å². The van der Waals surface area contributed by atoms with Crippen molar-refractivity contribution < 1.29 is 9.53 Å². The van der Waals surface area contributed by atoms with Crippen molar-refractivity contribution >= 4 is 5.91 Å². The van der Waals surface area contributed by atoms with Crippen molar-refractivity contribution in [2.45, 2.75) is 19.8 Å². The molecule has 1 atom stereocenters. The minimum atomic E-state index is 0.0828. The molecule has 1 saturated heterocycles. The van der Waals surface area contributed by atoms with Crippen LogP contribution in [0.25, 0.3) is 11.1 Å². The molecule has 127 valence electrons. The van der Waals surface area contributed by atoms with Crippen LogP contribution in [0.1, 0.15) is 18.5 Å². The molecule has 1 aromatic carbocycles. The summed E-state index contributed by atoms with van der Waals surface area (Å²) in [5.41, 5.74) is 2.99. The highest BCUT2D eigenvalue weighted by atomic mass is 16.5. The summed E-state index contributed by atoms with van der Waals surface area (Å²) in [4.78, 5) is 12.0. The van der Waals surface area contributed by atoms with E-state index in [1.165, 1.54) is 0 Å². The van der Waals surface area contributed by atoms with Crippen molar-refractivity contribution in [3.8, 4) is 16.9 Å². The Morgan fingerprint density at radius 1 is 1.50 bits per heavy atom. The van der Waals surface area contributed by atoms with Gasteiger partial charge in [-0.3, -0.25) is 9.89 Å². The van der Waals surface area contributed by atoms with E-state index in [9.17, 15) is 4.79 Å². The first-order valence-corrected chi connectivity index (χ1v) is 8.37. The van der Waals surface area contributed by atoms with Gasteiger partial charge in [0.05, 0.1) is 18.2 Å². The van der Waals surface area contributed by atoms with E-state index in [2.05, 4.69) is 26.9 Å². The Balaban J connectivity index is 1.47. The summed E-state index contributed by atoms with van der Waals surface area (Å²) < 4.78 is 5.73. The van der Waals surface area contributed by atoms with E-state index in [4.69, 9.17) is 4.74 Å². The first kappa shape index (κ1) is 16.5. The van der Waals surface area contributed by atoms with Crippen LogP contribution in [-0.2, 0) is 4.79 Å². The maximum Gasteiger partial charge on any atom is 0.224 e. The van der Waals surface area contributed by atoms with Gasteiger partial charge in [0.1, 0.15) is 12.4 Å². The van der Waals surface area contributed by atoms with E-state index in [0.29, 0.717) is 13.2 Å². The Labute approximate surface area is 142 Å². The van der Waals surface area contributed by atoms with Gasteiger partial charge in [-0.1, -0.05) is 0 Å². The normalized spacial score (nSPS) is 17.5. The Morgan fingerprint density at radius 3 is 3.17 bits per heavy atom. The number of rotatable bonds is 6. The molecule has 6 nitrogen and oxygen atoms in total. The molecule has 0 unspecified atom stereocenters. The number of benzene rings is 1. The molecule has 0 spiro atoms. The van der Waals surface area contributed by atoms with E-state index in [1.54, 1.807) is 6.07 Å². The standard InChI is InChI=1S/C18H23N4O2/c1-13-17(12-21-22-13)14-4-2-6-16(10-14)24-9-8-20-18(23)15-5-3-7-19-11-15/h4,6,10,12,15,19H,3,5,7-9,11H2,1H3,(H,20,23)(H,21,22)/t15-/m1/s1. The molecule has 3 N–H and O–H groups in total. The fourth-order valence-electron chi connectivity index (χ4n) is 2.90. The average molecular weight is 327 g/mol. The van der Waals surface area contributed by atoms with E-state index in [1.807, 2.05) is 25.3 Å². The topological polar surface area (TPSA) is 79.0 Å². The van der Waals surface area contributed by atoms with Crippen LogP contribution in [-0.4, -0.2) is 42.3 Å². The fourth-order valence-corrected chi connectivity index (χ4v) is 2.90. The first-order chi connectivity index (χ1) is 11.7. The van der Waals surface area contributed by atoms with Gasteiger partial charge >= 0.3 is 0 Å². The Hall–Kier alpha value is -2.34. The SMILES string of the molecule is Cc1n[nH]cc1-c1c[c]cc(OCCNC(=O)[C@@H]2CCCNC2)c1. The van der Waals surface area contributed by atoms with Crippen molar-refractivity contribution in [1.82, 2.24) is 20.8 Å². The quantitative estimate of drug-likeness (QED) is 0.705. The monoisotopic (exact) mass is 327 g/mol. The van der Waals surface area contributed by atoms with Crippen molar-refractivity contribution in [1.29, 1.82) is 0 Å².